The lowest BCUT2D eigenvalue weighted by Crippen LogP contribution is -3.27. The molecule has 1 atom stereocenters. The van der Waals surface area contributed by atoms with Crippen LogP contribution in [0, 0.1) is 5.82 Å². The molecule has 0 unspecified atom stereocenters. The lowest BCUT2D eigenvalue weighted by atomic mass is 10.0. The normalized spacial score (nSPS) is 20.9. The average Bonchev–Trinajstić information content (AvgIpc) is 3.44. The van der Waals surface area contributed by atoms with Crippen LogP contribution in [0.15, 0.2) is 47.1 Å². The second-order valence-electron chi connectivity index (χ2n) is 7.50. The lowest BCUT2D eigenvalue weighted by molar-refractivity contribution is -1.02. The van der Waals surface area contributed by atoms with Gasteiger partial charge in [0.1, 0.15) is 36.9 Å². The van der Waals surface area contributed by atoms with Gasteiger partial charge in [0.2, 0.25) is 16.7 Å². The Hall–Kier alpha value is -2.75. The number of halogens is 1. The zero-order valence-electron chi connectivity index (χ0n) is 15.9. The van der Waals surface area contributed by atoms with E-state index in [0.717, 1.165) is 36.6 Å². The molecule has 1 fully saturated rings. The van der Waals surface area contributed by atoms with Gasteiger partial charge in [-0.15, -0.1) is 5.10 Å². The number of likely N-dealkylation sites (N-methyl/N-ethyl adjacent to an activating group) is 1. The molecule has 0 spiro atoms. The van der Waals surface area contributed by atoms with Gasteiger partial charge >= 0.3 is 0 Å². The molecule has 0 bridgehead atoms. The molecule has 1 aromatic carbocycles. The number of nitrogens with zero attached hydrogens (tertiary/aromatic N) is 3. The topological polar surface area (TPSA) is 72.4 Å². The molecule has 0 radical (unpaired) electrons. The molecular formula is C20H22FN5O2S+2. The van der Waals surface area contributed by atoms with Crippen molar-refractivity contribution in [3.63, 3.8) is 0 Å². The maximum atomic E-state index is 13.5. The summed E-state index contributed by atoms with van der Waals surface area (Å²) >= 11 is 1.42. The van der Waals surface area contributed by atoms with Crippen molar-refractivity contribution in [3.8, 4) is 17.5 Å². The van der Waals surface area contributed by atoms with E-state index in [1.54, 1.807) is 18.4 Å². The molecule has 150 valence electrons. The van der Waals surface area contributed by atoms with Gasteiger partial charge in [0, 0.05) is 5.56 Å². The van der Waals surface area contributed by atoms with Crippen molar-refractivity contribution in [2.75, 3.05) is 33.2 Å². The Morgan fingerprint density at radius 3 is 2.59 bits per heavy atom. The van der Waals surface area contributed by atoms with Crippen LogP contribution < -0.4 is 9.80 Å². The summed E-state index contributed by atoms with van der Waals surface area (Å²) in [5, 5.41) is 15.4. The summed E-state index contributed by atoms with van der Waals surface area (Å²) in [4.78, 5) is 8.79. The SMILES string of the molecule is C[NH+]1CC[NH+]([C@@H](c2ccc(F)cc2)c2sc3nc(-c4ccco4)nn3c2O)CC1. The first-order valence-electron chi connectivity index (χ1n) is 9.64. The van der Waals surface area contributed by atoms with Crippen LogP contribution >= 0.6 is 11.3 Å². The van der Waals surface area contributed by atoms with Gasteiger partial charge in [-0.25, -0.2) is 4.39 Å². The first kappa shape index (κ1) is 18.3. The summed E-state index contributed by atoms with van der Waals surface area (Å²) < 4.78 is 20.4. The number of piperazine rings is 1. The van der Waals surface area contributed by atoms with Gasteiger partial charge in [0.15, 0.2) is 11.8 Å². The molecule has 9 heteroatoms. The standard InChI is InChI=1S/C20H20FN5O2S/c1-24-8-10-25(11-9-24)16(13-4-6-14(21)7-5-13)17-19(27)26-20(29-17)22-18(23-26)15-3-2-12-28-15/h2-7,12,16,27H,8-11H2,1H3/p+2/t16-/m0/s1. The Morgan fingerprint density at radius 1 is 1.17 bits per heavy atom. The van der Waals surface area contributed by atoms with Crippen molar-refractivity contribution in [2.24, 2.45) is 0 Å². The minimum atomic E-state index is -0.264. The number of quaternary nitrogens is 2. The molecule has 3 aromatic heterocycles. The molecule has 29 heavy (non-hydrogen) atoms. The molecule has 7 nitrogen and oxygen atoms in total. The van der Waals surface area contributed by atoms with E-state index < -0.39 is 0 Å². The third-order valence-corrected chi connectivity index (χ3v) is 6.65. The fourth-order valence-corrected chi connectivity index (χ4v) is 5.10. The second-order valence-corrected chi connectivity index (χ2v) is 8.51. The number of hydrogen-bond acceptors (Lipinski definition) is 5. The number of fused-ring (bicyclic) bond motifs is 1. The summed E-state index contributed by atoms with van der Waals surface area (Å²) in [5.41, 5.74) is 0.979. The van der Waals surface area contributed by atoms with Gasteiger partial charge in [0.05, 0.1) is 13.3 Å². The number of furan rings is 1. The van der Waals surface area contributed by atoms with Crippen molar-refractivity contribution >= 4 is 16.3 Å². The average molecular weight is 415 g/mol. The van der Waals surface area contributed by atoms with Crippen LogP contribution in [-0.4, -0.2) is 52.9 Å². The van der Waals surface area contributed by atoms with E-state index >= 15 is 0 Å². The number of nitrogens with one attached hydrogen (secondary N) is 2. The Bertz CT molecular complexity index is 1110. The van der Waals surface area contributed by atoms with Crippen LogP contribution in [0.4, 0.5) is 4.39 Å². The third kappa shape index (κ3) is 3.31. The molecule has 0 aliphatic carbocycles. The quantitative estimate of drug-likeness (QED) is 0.451. The highest BCUT2D eigenvalue weighted by Gasteiger charge is 2.35. The van der Waals surface area contributed by atoms with Gasteiger partial charge < -0.3 is 19.3 Å². The Kier molecular flexibility index (Phi) is 4.57. The number of thiazole rings is 1. The molecule has 3 N–H and O–H groups in total. The van der Waals surface area contributed by atoms with E-state index in [0.29, 0.717) is 16.5 Å². The lowest BCUT2D eigenvalue weighted by Gasteiger charge is -2.33. The molecule has 0 amide bonds. The van der Waals surface area contributed by atoms with Crippen LogP contribution in [-0.2, 0) is 0 Å². The van der Waals surface area contributed by atoms with Crippen LogP contribution in [0.3, 0.4) is 0 Å². The molecule has 1 aliphatic heterocycles. The molecule has 1 saturated heterocycles. The summed E-state index contributed by atoms with van der Waals surface area (Å²) in [7, 11) is 2.19. The third-order valence-electron chi connectivity index (χ3n) is 5.56. The van der Waals surface area contributed by atoms with E-state index in [4.69, 9.17) is 4.42 Å². The van der Waals surface area contributed by atoms with E-state index in [2.05, 4.69) is 17.1 Å². The number of benzene rings is 1. The van der Waals surface area contributed by atoms with Gasteiger partial charge in [-0.05, 0) is 36.4 Å². The summed E-state index contributed by atoms with van der Waals surface area (Å²) in [6.07, 6.45) is 1.57. The minimum Gasteiger partial charge on any atom is -0.492 e. The first-order valence-corrected chi connectivity index (χ1v) is 10.5. The number of aromatic hydroxyl groups is 1. The van der Waals surface area contributed by atoms with Gasteiger partial charge in [-0.3, -0.25) is 0 Å². The predicted octanol–water partition coefficient (Wildman–Crippen LogP) is 0.398. The monoisotopic (exact) mass is 415 g/mol. The highest BCUT2D eigenvalue weighted by Crippen LogP contribution is 2.36. The number of rotatable bonds is 4. The predicted molar refractivity (Wildman–Crippen MR) is 106 cm³/mol. The molecule has 0 saturated carbocycles. The second kappa shape index (κ2) is 7.25. The van der Waals surface area contributed by atoms with E-state index in [9.17, 15) is 9.50 Å². The van der Waals surface area contributed by atoms with E-state index in [-0.39, 0.29) is 17.7 Å². The van der Waals surface area contributed by atoms with Crippen LogP contribution in [0.1, 0.15) is 16.5 Å². The molecular weight excluding hydrogens is 393 g/mol. The Balaban J connectivity index is 1.57. The minimum absolute atomic E-state index is 0.0865. The molecule has 5 rings (SSSR count). The van der Waals surface area contributed by atoms with Crippen LogP contribution in [0.5, 0.6) is 5.88 Å². The largest absolute Gasteiger partial charge is 0.492 e. The zero-order valence-corrected chi connectivity index (χ0v) is 16.7. The number of aromatic nitrogens is 3. The summed E-state index contributed by atoms with van der Waals surface area (Å²) in [6, 6.07) is 10.0. The first-order chi connectivity index (χ1) is 14.1. The van der Waals surface area contributed by atoms with E-state index in [1.165, 1.54) is 37.8 Å². The van der Waals surface area contributed by atoms with Gasteiger partial charge in [-0.1, -0.05) is 11.3 Å². The smallest absolute Gasteiger partial charge is 0.235 e. The van der Waals surface area contributed by atoms with E-state index in [1.807, 2.05) is 12.1 Å². The molecule has 1 aliphatic rings. The summed E-state index contributed by atoms with van der Waals surface area (Å²) in [5.74, 6) is 0.824. The van der Waals surface area contributed by atoms with Gasteiger partial charge in [0.25, 0.3) is 0 Å². The van der Waals surface area contributed by atoms with Crippen LogP contribution in [0.2, 0.25) is 0 Å². The fourth-order valence-electron chi connectivity index (χ4n) is 3.96. The highest BCUT2D eigenvalue weighted by atomic mass is 32.1. The Labute approximate surface area is 170 Å². The molecule has 4 aromatic rings. The maximum Gasteiger partial charge on any atom is 0.235 e. The van der Waals surface area contributed by atoms with Gasteiger partial charge in [-0.2, -0.15) is 9.50 Å². The molecule has 4 heterocycles. The fraction of sp³-hybridized carbons (Fsp3) is 0.300. The zero-order chi connectivity index (χ0) is 20.0. The van der Waals surface area contributed by atoms with Crippen molar-refractivity contribution in [3.05, 3.63) is 58.9 Å². The number of hydrogen-bond donors (Lipinski definition) is 3. The van der Waals surface area contributed by atoms with Crippen molar-refractivity contribution in [1.82, 2.24) is 14.6 Å². The Morgan fingerprint density at radius 2 is 1.93 bits per heavy atom. The van der Waals surface area contributed by atoms with Crippen molar-refractivity contribution < 1.29 is 23.7 Å². The van der Waals surface area contributed by atoms with Crippen molar-refractivity contribution in [2.45, 2.75) is 6.04 Å². The van der Waals surface area contributed by atoms with Crippen molar-refractivity contribution in [1.29, 1.82) is 0 Å². The maximum absolute atomic E-state index is 13.5. The highest BCUT2D eigenvalue weighted by molar-refractivity contribution is 7.17. The van der Waals surface area contributed by atoms with Crippen LogP contribution in [0.25, 0.3) is 16.5 Å². The summed E-state index contributed by atoms with van der Waals surface area (Å²) in [6.45, 7) is 4.05.